The van der Waals surface area contributed by atoms with Gasteiger partial charge >= 0.3 is 0 Å². The number of halogens is 2. The number of aromatic amines is 1. The molecule has 3 rings (SSSR count). The molecule has 0 bridgehead atoms. The number of fused-ring (bicyclic) bond motifs is 1. The van der Waals surface area contributed by atoms with Crippen LogP contribution in [0.25, 0.3) is 22.2 Å². The van der Waals surface area contributed by atoms with E-state index >= 15 is 0 Å². The van der Waals surface area contributed by atoms with Gasteiger partial charge in [0, 0.05) is 18.3 Å². The molecule has 6 heteroatoms. The summed E-state index contributed by atoms with van der Waals surface area (Å²) >= 11 is 5.95. The van der Waals surface area contributed by atoms with Crippen molar-refractivity contribution in [1.82, 2.24) is 15.0 Å². The second-order valence-corrected chi connectivity index (χ2v) is 5.04. The summed E-state index contributed by atoms with van der Waals surface area (Å²) in [5.41, 5.74) is 2.47. The third-order valence-corrected chi connectivity index (χ3v) is 3.37. The fraction of sp³-hybridized carbons (Fsp3) is 0.200. The minimum Gasteiger partial charge on any atom is -0.369 e. The van der Waals surface area contributed by atoms with Crippen molar-refractivity contribution in [3.63, 3.8) is 0 Å². The smallest absolute Gasteiger partial charge is 0.226 e. The molecule has 108 valence electrons. The van der Waals surface area contributed by atoms with Crippen molar-refractivity contribution in [2.45, 2.75) is 13.3 Å². The number of rotatable bonds is 4. The summed E-state index contributed by atoms with van der Waals surface area (Å²) in [6.07, 6.45) is 2.81. The Hall–Kier alpha value is -2.14. The van der Waals surface area contributed by atoms with Gasteiger partial charge in [-0.25, -0.2) is 9.37 Å². The molecular formula is C15H14ClFN4. The van der Waals surface area contributed by atoms with Crippen LogP contribution >= 0.6 is 11.6 Å². The fourth-order valence-corrected chi connectivity index (χ4v) is 2.40. The van der Waals surface area contributed by atoms with Gasteiger partial charge in [0.25, 0.3) is 0 Å². The van der Waals surface area contributed by atoms with Crippen LogP contribution in [-0.2, 0) is 0 Å². The zero-order valence-corrected chi connectivity index (χ0v) is 12.2. The van der Waals surface area contributed by atoms with Gasteiger partial charge in [-0.3, -0.25) is 0 Å². The Morgan fingerprint density at radius 3 is 2.71 bits per heavy atom. The molecule has 0 radical (unpaired) electrons. The molecule has 1 aromatic carbocycles. The van der Waals surface area contributed by atoms with E-state index in [1.807, 2.05) is 6.20 Å². The second-order valence-electron chi connectivity index (χ2n) is 4.70. The zero-order valence-electron chi connectivity index (χ0n) is 11.5. The lowest BCUT2D eigenvalue weighted by Gasteiger charge is -2.07. The number of aromatic nitrogens is 3. The molecule has 3 aromatic rings. The number of nitrogens with one attached hydrogen (secondary N) is 2. The van der Waals surface area contributed by atoms with Crippen molar-refractivity contribution in [1.29, 1.82) is 0 Å². The quantitative estimate of drug-likeness (QED) is 0.709. The van der Waals surface area contributed by atoms with E-state index in [1.54, 1.807) is 12.1 Å². The SMILES string of the molecule is CCCNc1nc(Cl)nc2[nH]cc(-c3ccc(F)cc3)c12. The standard InChI is InChI=1S/C15H14ClFN4/c1-2-7-18-13-12-11(9-3-5-10(17)6-4-9)8-19-14(12)21-15(16)20-13/h3-6,8H,2,7H2,1H3,(H2,18,19,20,21). The Bertz CT molecular complexity index is 767. The van der Waals surface area contributed by atoms with Crippen molar-refractivity contribution in [2.24, 2.45) is 0 Å². The van der Waals surface area contributed by atoms with Crippen LogP contribution in [0.1, 0.15) is 13.3 Å². The molecule has 0 saturated heterocycles. The number of benzene rings is 1. The molecule has 0 aliphatic heterocycles. The first-order chi connectivity index (χ1) is 10.2. The van der Waals surface area contributed by atoms with Crippen molar-refractivity contribution < 1.29 is 4.39 Å². The molecule has 0 saturated carbocycles. The molecule has 0 aliphatic rings. The van der Waals surface area contributed by atoms with Gasteiger partial charge in [0.1, 0.15) is 17.3 Å². The number of hydrogen-bond acceptors (Lipinski definition) is 3. The summed E-state index contributed by atoms with van der Waals surface area (Å²) in [5, 5.41) is 4.31. The summed E-state index contributed by atoms with van der Waals surface area (Å²) in [4.78, 5) is 11.5. The summed E-state index contributed by atoms with van der Waals surface area (Å²) in [6, 6.07) is 6.33. The number of hydrogen-bond donors (Lipinski definition) is 2. The number of H-pyrrole nitrogens is 1. The Kier molecular flexibility index (Phi) is 3.75. The van der Waals surface area contributed by atoms with Crippen LogP contribution in [0.3, 0.4) is 0 Å². The number of anilines is 1. The third-order valence-electron chi connectivity index (χ3n) is 3.20. The van der Waals surface area contributed by atoms with E-state index in [0.717, 1.165) is 29.5 Å². The summed E-state index contributed by atoms with van der Waals surface area (Å²) in [6.45, 7) is 2.86. The molecule has 0 unspecified atom stereocenters. The van der Waals surface area contributed by atoms with Crippen LogP contribution in [-0.4, -0.2) is 21.5 Å². The highest BCUT2D eigenvalue weighted by Crippen LogP contribution is 2.33. The monoisotopic (exact) mass is 304 g/mol. The van der Waals surface area contributed by atoms with E-state index in [4.69, 9.17) is 11.6 Å². The molecule has 0 amide bonds. The van der Waals surface area contributed by atoms with Crippen molar-refractivity contribution in [3.05, 3.63) is 41.6 Å². The van der Waals surface area contributed by atoms with E-state index in [-0.39, 0.29) is 11.1 Å². The van der Waals surface area contributed by atoms with E-state index in [2.05, 4.69) is 27.2 Å². The Balaban J connectivity index is 2.17. The molecule has 2 N–H and O–H groups in total. The third kappa shape index (κ3) is 2.69. The Morgan fingerprint density at radius 1 is 1.24 bits per heavy atom. The predicted molar refractivity (Wildman–Crippen MR) is 83.1 cm³/mol. The van der Waals surface area contributed by atoms with E-state index in [9.17, 15) is 4.39 Å². The van der Waals surface area contributed by atoms with E-state index in [0.29, 0.717) is 11.5 Å². The molecule has 0 atom stereocenters. The molecule has 4 nitrogen and oxygen atoms in total. The lowest BCUT2D eigenvalue weighted by Crippen LogP contribution is -2.03. The summed E-state index contributed by atoms with van der Waals surface area (Å²) in [7, 11) is 0. The average Bonchev–Trinajstić information content (AvgIpc) is 2.89. The molecular weight excluding hydrogens is 291 g/mol. The minimum atomic E-state index is -0.262. The van der Waals surface area contributed by atoms with Gasteiger partial charge in [0.15, 0.2) is 0 Å². The van der Waals surface area contributed by atoms with Gasteiger partial charge in [0.2, 0.25) is 5.28 Å². The Labute approximate surface area is 126 Å². The maximum Gasteiger partial charge on any atom is 0.226 e. The lowest BCUT2D eigenvalue weighted by molar-refractivity contribution is 0.628. The van der Waals surface area contributed by atoms with Crippen molar-refractivity contribution >= 4 is 28.5 Å². The van der Waals surface area contributed by atoms with Crippen LogP contribution < -0.4 is 5.32 Å². The molecule has 2 aromatic heterocycles. The van der Waals surface area contributed by atoms with Gasteiger partial charge in [-0.1, -0.05) is 19.1 Å². The van der Waals surface area contributed by atoms with Crippen LogP contribution in [0, 0.1) is 5.82 Å². The highest BCUT2D eigenvalue weighted by atomic mass is 35.5. The molecule has 21 heavy (non-hydrogen) atoms. The first kappa shape index (κ1) is 13.8. The maximum atomic E-state index is 13.1. The summed E-state index contributed by atoms with van der Waals surface area (Å²) in [5.74, 6) is 0.426. The second kappa shape index (κ2) is 5.69. The first-order valence-corrected chi connectivity index (χ1v) is 7.11. The summed E-state index contributed by atoms with van der Waals surface area (Å²) < 4.78 is 13.1. The normalized spacial score (nSPS) is 11.0. The van der Waals surface area contributed by atoms with E-state index in [1.165, 1.54) is 12.1 Å². The molecule has 0 fully saturated rings. The average molecular weight is 305 g/mol. The van der Waals surface area contributed by atoms with Crippen LogP contribution in [0.4, 0.5) is 10.2 Å². The van der Waals surface area contributed by atoms with Crippen molar-refractivity contribution in [2.75, 3.05) is 11.9 Å². The maximum absolute atomic E-state index is 13.1. The zero-order chi connectivity index (χ0) is 14.8. The first-order valence-electron chi connectivity index (χ1n) is 6.73. The van der Waals surface area contributed by atoms with Gasteiger partial charge in [-0.15, -0.1) is 0 Å². The Morgan fingerprint density at radius 2 is 2.00 bits per heavy atom. The predicted octanol–water partition coefficient (Wildman–Crippen LogP) is 4.24. The lowest BCUT2D eigenvalue weighted by atomic mass is 10.1. The van der Waals surface area contributed by atoms with Gasteiger partial charge < -0.3 is 10.3 Å². The van der Waals surface area contributed by atoms with Crippen LogP contribution in [0.2, 0.25) is 5.28 Å². The number of nitrogens with zero attached hydrogens (tertiary/aromatic N) is 2. The van der Waals surface area contributed by atoms with Crippen LogP contribution in [0.15, 0.2) is 30.5 Å². The van der Waals surface area contributed by atoms with Gasteiger partial charge in [-0.2, -0.15) is 4.98 Å². The minimum absolute atomic E-state index is 0.189. The van der Waals surface area contributed by atoms with Gasteiger partial charge in [-0.05, 0) is 35.7 Å². The van der Waals surface area contributed by atoms with Gasteiger partial charge in [0.05, 0.1) is 5.39 Å². The molecule has 2 heterocycles. The highest BCUT2D eigenvalue weighted by molar-refractivity contribution is 6.29. The molecule has 0 spiro atoms. The molecule has 0 aliphatic carbocycles. The topological polar surface area (TPSA) is 53.6 Å². The van der Waals surface area contributed by atoms with Crippen LogP contribution in [0.5, 0.6) is 0 Å². The largest absolute Gasteiger partial charge is 0.369 e. The van der Waals surface area contributed by atoms with E-state index < -0.39 is 0 Å². The highest BCUT2D eigenvalue weighted by Gasteiger charge is 2.14. The van der Waals surface area contributed by atoms with Crippen molar-refractivity contribution in [3.8, 4) is 11.1 Å². The fourth-order valence-electron chi connectivity index (χ4n) is 2.23.